The molecule has 21 heavy (non-hydrogen) atoms. The minimum atomic E-state index is 0.136. The van der Waals surface area contributed by atoms with Gasteiger partial charge in [0.2, 0.25) is 17.7 Å². The van der Waals surface area contributed by atoms with Gasteiger partial charge < -0.3 is 15.4 Å². The molecule has 0 bridgehead atoms. The molecule has 1 amide bonds. The molecular formula is C15H24N4O2. The first-order valence-electron chi connectivity index (χ1n) is 7.69. The number of carbonyl (C=O) groups is 1. The predicted molar refractivity (Wildman–Crippen MR) is 81.4 cm³/mol. The van der Waals surface area contributed by atoms with E-state index in [1.54, 1.807) is 0 Å². The zero-order valence-electron chi connectivity index (χ0n) is 12.8. The molecular weight excluding hydrogens is 268 g/mol. The largest absolute Gasteiger partial charge is 0.478 e. The minimum absolute atomic E-state index is 0.136. The van der Waals surface area contributed by atoms with Crippen LogP contribution < -0.4 is 15.4 Å². The molecule has 1 aromatic heterocycles. The number of aromatic nitrogens is 2. The first-order chi connectivity index (χ1) is 10.2. The van der Waals surface area contributed by atoms with Crippen LogP contribution in [0.4, 0.5) is 5.95 Å². The fourth-order valence-electron chi connectivity index (χ4n) is 1.88. The Morgan fingerprint density at radius 1 is 1.43 bits per heavy atom. The van der Waals surface area contributed by atoms with Gasteiger partial charge in [-0.3, -0.25) is 4.79 Å². The van der Waals surface area contributed by atoms with Crippen LogP contribution in [0.3, 0.4) is 0 Å². The van der Waals surface area contributed by atoms with E-state index >= 15 is 0 Å². The topological polar surface area (TPSA) is 76.1 Å². The molecule has 2 rings (SSSR count). The summed E-state index contributed by atoms with van der Waals surface area (Å²) in [6, 6.07) is 2.26. The molecule has 1 heterocycles. The lowest BCUT2D eigenvalue weighted by Crippen LogP contribution is -2.25. The third-order valence-corrected chi connectivity index (χ3v) is 3.09. The monoisotopic (exact) mass is 292 g/mol. The average molecular weight is 292 g/mol. The molecule has 0 saturated heterocycles. The molecule has 116 valence electrons. The highest BCUT2D eigenvalue weighted by Gasteiger charge is 2.22. The maximum absolute atomic E-state index is 11.5. The smallest absolute Gasteiger partial charge is 0.226 e. The average Bonchev–Trinajstić information content (AvgIpc) is 3.25. The van der Waals surface area contributed by atoms with E-state index in [1.165, 1.54) is 0 Å². The first kappa shape index (κ1) is 15.5. The number of rotatable bonds is 9. The van der Waals surface area contributed by atoms with Gasteiger partial charge in [0.15, 0.2) is 0 Å². The van der Waals surface area contributed by atoms with Crippen LogP contribution in [-0.4, -0.2) is 35.1 Å². The SMILES string of the molecule is CCCOc1cc(C)nc(NCCCC(=O)NC2CC2)n1. The van der Waals surface area contributed by atoms with Crippen LogP contribution in [0.25, 0.3) is 0 Å². The molecule has 2 N–H and O–H groups in total. The van der Waals surface area contributed by atoms with Crippen LogP contribution in [0.5, 0.6) is 5.88 Å². The Bertz CT molecular complexity index is 475. The molecule has 0 radical (unpaired) electrons. The molecule has 0 spiro atoms. The van der Waals surface area contributed by atoms with Gasteiger partial charge in [-0.05, 0) is 32.6 Å². The molecule has 0 aromatic carbocycles. The van der Waals surface area contributed by atoms with E-state index in [9.17, 15) is 4.79 Å². The first-order valence-corrected chi connectivity index (χ1v) is 7.69. The number of nitrogens with zero attached hydrogens (tertiary/aromatic N) is 2. The third kappa shape index (κ3) is 5.97. The summed E-state index contributed by atoms with van der Waals surface area (Å²) in [5, 5.41) is 6.12. The van der Waals surface area contributed by atoms with Crippen molar-refractivity contribution in [1.29, 1.82) is 0 Å². The summed E-state index contributed by atoms with van der Waals surface area (Å²) in [4.78, 5) is 20.2. The van der Waals surface area contributed by atoms with Gasteiger partial charge in [-0.25, -0.2) is 4.98 Å². The van der Waals surface area contributed by atoms with Crippen molar-refractivity contribution in [3.05, 3.63) is 11.8 Å². The van der Waals surface area contributed by atoms with Crippen LogP contribution in [0.2, 0.25) is 0 Å². The Morgan fingerprint density at radius 2 is 2.24 bits per heavy atom. The number of ether oxygens (including phenoxy) is 1. The summed E-state index contributed by atoms with van der Waals surface area (Å²) in [5.74, 6) is 1.29. The van der Waals surface area contributed by atoms with Crippen molar-refractivity contribution in [2.24, 2.45) is 0 Å². The van der Waals surface area contributed by atoms with Crippen LogP contribution in [0.15, 0.2) is 6.07 Å². The number of aryl methyl sites for hydroxylation is 1. The maximum atomic E-state index is 11.5. The van der Waals surface area contributed by atoms with Gasteiger partial charge in [0.1, 0.15) is 0 Å². The molecule has 1 aromatic rings. The van der Waals surface area contributed by atoms with Crippen molar-refractivity contribution in [2.75, 3.05) is 18.5 Å². The van der Waals surface area contributed by atoms with E-state index in [-0.39, 0.29) is 5.91 Å². The third-order valence-electron chi connectivity index (χ3n) is 3.09. The second-order valence-electron chi connectivity index (χ2n) is 5.39. The van der Waals surface area contributed by atoms with E-state index in [2.05, 4.69) is 27.5 Å². The Balaban J connectivity index is 1.71. The lowest BCUT2D eigenvalue weighted by Gasteiger charge is -2.09. The van der Waals surface area contributed by atoms with Crippen LogP contribution in [-0.2, 0) is 4.79 Å². The van der Waals surface area contributed by atoms with Gasteiger partial charge in [0.05, 0.1) is 6.61 Å². The van der Waals surface area contributed by atoms with Crippen molar-refractivity contribution in [3.8, 4) is 5.88 Å². The number of nitrogens with one attached hydrogen (secondary N) is 2. The summed E-state index contributed by atoms with van der Waals surface area (Å²) < 4.78 is 5.52. The van der Waals surface area contributed by atoms with E-state index in [4.69, 9.17) is 4.74 Å². The Kier molecular flexibility index (Phi) is 5.78. The lowest BCUT2D eigenvalue weighted by atomic mass is 10.3. The number of hydrogen-bond donors (Lipinski definition) is 2. The summed E-state index contributed by atoms with van der Waals surface area (Å²) in [7, 11) is 0. The van der Waals surface area contributed by atoms with Gasteiger partial charge >= 0.3 is 0 Å². The van der Waals surface area contributed by atoms with Gasteiger partial charge in [-0.1, -0.05) is 6.92 Å². The normalized spacial score (nSPS) is 13.8. The van der Waals surface area contributed by atoms with Gasteiger partial charge in [0.25, 0.3) is 0 Å². The Morgan fingerprint density at radius 3 is 2.95 bits per heavy atom. The molecule has 6 nitrogen and oxygen atoms in total. The van der Waals surface area contributed by atoms with Crippen LogP contribution in [0, 0.1) is 6.92 Å². The number of amides is 1. The molecule has 0 unspecified atom stereocenters. The van der Waals surface area contributed by atoms with Crippen LogP contribution in [0.1, 0.15) is 44.7 Å². The quantitative estimate of drug-likeness (QED) is 0.681. The number of hydrogen-bond acceptors (Lipinski definition) is 5. The molecule has 6 heteroatoms. The molecule has 0 atom stereocenters. The van der Waals surface area contributed by atoms with Crippen molar-refractivity contribution < 1.29 is 9.53 Å². The van der Waals surface area contributed by atoms with Crippen molar-refractivity contribution in [3.63, 3.8) is 0 Å². The Hall–Kier alpha value is -1.85. The van der Waals surface area contributed by atoms with E-state index in [0.29, 0.717) is 37.4 Å². The van der Waals surface area contributed by atoms with Gasteiger partial charge in [-0.2, -0.15) is 4.98 Å². The number of carbonyl (C=O) groups excluding carboxylic acids is 1. The van der Waals surface area contributed by atoms with E-state index in [1.807, 2.05) is 13.0 Å². The van der Waals surface area contributed by atoms with E-state index < -0.39 is 0 Å². The molecule has 1 saturated carbocycles. The maximum Gasteiger partial charge on any atom is 0.226 e. The molecule has 1 aliphatic carbocycles. The predicted octanol–water partition coefficient (Wildman–Crippen LogP) is 2.04. The van der Waals surface area contributed by atoms with Gasteiger partial charge in [-0.15, -0.1) is 0 Å². The van der Waals surface area contributed by atoms with Gasteiger partial charge in [0, 0.05) is 30.8 Å². The zero-order valence-corrected chi connectivity index (χ0v) is 12.8. The fraction of sp³-hybridized carbons (Fsp3) is 0.667. The number of anilines is 1. The van der Waals surface area contributed by atoms with Crippen molar-refractivity contribution >= 4 is 11.9 Å². The molecule has 0 aliphatic heterocycles. The molecule has 1 aliphatic rings. The fourth-order valence-corrected chi connectivity index (χ4v) is 1.88. The summed E-state index contributed by atoms with van der Waals surface area (Å²) in [6.07, 6.45) is 4.50. The second kappa shape index (κ2) is 7.81. The van der Waals surface area contributed by atoms with Crippen LogP contribution >= 0.6 is 0 Å². The highest BCUT2D eigenvalue weighted by atomic mass is 16.5. The summed E-state index contributed by atoms with van der Waals surface area (Å²) in [5.41, 5.74) is 0.866. The van der Waals surface area contributed by atoms with E-state index in [0.717, 1.165) is 31.4 Å². The highest BCUT2D eigenvalue weighted by molar-refractivity contribution is 5.76. The summed E-state index contributed by atoms with van der Waals surface area (Å²) >= 11 is 0. The standard InChI is InChI=1S/C15H24N4O2/c1-3-9-21-14-10-11(2)17-15(19-14)16-8-4-5-13(20)18-12-6-7-12/h10,12H,3-9H2,1-2H3,(H,18,20)(H,16,17,19). The zero-order chi connectivity index (χ0) is 15.1. The second-order valence-corrected chi connectivity index (χ2v) is 5.39. The summed E-state index contributed by atoms with van der Waals surface area (Å²) in [6.45, 7) is 5.29. The highest BCUT2D eigenvalue weighted by Crippen LogP contribution is 2.18. The Labute approximate surface area is 125 Å². The molecule has 1 fully saturated rings. The lowest BCUT2D eigenvalue weighted by molar-refractivity contribution is -0.121. The van der Waals surface area contributed by atoms with Crippen molar-refractivity contribution in [1.82, 2.24) is 15.3 Å². The minimum Gasteiger partial charge on any atom is -0.478 e. The van der Waals surface area contributed by atoms with Crippen molar-refractivity contribution in [2.45, 2.75) is 52.0 Å².